The summed E-state index contributed by atoms with van der Waals surface area (Å²) in [5, 5.41) is 3.81. The Bertz CT molecular complexity index is 1120. The summed E-state index contributed by atoms with van der Waals surface area (Å²) in [5.41, 5.74) is 1.28. The number of nitrogens with one attached hydrogen (secondary N) is 1. The number of carbonyl (C=O) groups excluding carboxylic acids is 1. The number of methoxy groups -OCH3 is 2. The van der Waals surface area contributed by atoms with Crippen molar-refractivity contribution < 1.29 is 19.0 Å². The fraction of sp³-hybridized carbons (Fsp3) is 0.385. The highest BCUT2D eigenvalue weighted by Crippen LogP contribution is 2.31. The van der Waals surface area contributed by atoms with Gasteiger partial charge in [0.05, 0.1) is 19.9 Å². The standard InChI is InChI=1S/C26H31N3O4/c1-17-12-18(2)15-29(14-17)24-11-8-19-6-5-7-23(26(19)28-24)33-16-25(30)27-21-13-20(31-3)9-10-22(21)32-4/h5-11,13,17-18H,12,14-16H2,1-4H3,(H,27,30). The lowest BCUT2D eigenvalue weighted by atomic mass is 9.92. The first kappa shape index (κ1) is 22.7. The lowest BCUT2D eigenvalue weighted by Crippen LogP contribution is -2.39. The van der Waals surface area contributed by atoms with Gasteiger partial charge in [-0.15, -0.1) is 0 Å². The Balaban J connectivity index is 1.50. The van der Waals surface area contributed by atoms with E-state index in [0.29, 0.717) is 34.8 Å². The monoisotopic (exact) mass is 449 g/mol. The van der Waals surface area contributed by atoms with Crippen LogP contribution in [0.5, 0.6) is 17.2 Å². The van der Waals surface area contributed by atoms with Crippen molar-refractivity contribution in [3.05, 3.63) is 48.5 Å². The molecule has 4 rings (SSSR count). The van der Waals surface area contributed by atoms with Crippen molar-refractivity contribution in [3.8, 4) is 17.2 Å². The average Bonchev–Trinajstić information content (AvgIpc) is 2.81. The fourth-order valence-corrected chi connectivity index (χ4v) is 4.49. The second-order valence-electron chi connectivity index (χ2n) is 8.75. The summed E-state index contributed by atoms with van der Waals surface area (Å²) in [6.07, 6.45) is 1.24. The Morgan fingerprint density at radius 2 is 1.82 bits per heavy atom. The highest BCUT2D eigenvalue weighted by atomic mass is 16.5. The summed E-state index contributed by atoms with van der Waals surface area (Å²) in [4.78, 5) is 19.9. The number of hydrogen-bond donors (Lipinski definition) is 1. The van der Waals surface area contributed by atoms with Gasteiger partial charge < -0.3 is 24.4 Å². The van der Waals surface area contributed by atoms with E-state index >= 15 is 0 Å². The fourth-order valence-electron chi connectivity index (χ4n) is 4.49. The molecule has 3 aromatic rings. The minimum atomic E-state index is -0.298. The van der Waals surface area contributed by atoms with Crippen LogP contribution in [0.4, 0.5) is 11.5 Å². The van der Waals surface area contributed by atoms with Crippen LogP contribution in [-0.4, -0.2) is 44.8 Å². The maximum Gasteiger partial charge on any atom is 0.262 e. The molecule has 2 heterocycles. The summed E-state index contributed by atoms with van der Waals surface area (Å²) in [7, 11) is 3.13. The smallest absolute Gasteiger partial charge is 0.262 e. The number of aromatic nitrogens is 1. The van der Waals surface area contributed by atoms with Gasteiger partial charge in [0.25, 0.3) is 5.91 Å². The number of anilines is 2. The van der Waals surface area contributed by atoms with E-state index in [0.717, 1.165) is 29.8 Å². The van der Waals surface area contributed by atoms with Crippen LogP contribution in [0.1, 0.15) is 20.3 Å². The van der Waals surface area contributed by atoms with Crippen molar-refractivity contribution in [2.45, 2.75) is 20.3 Å². The minimum Gasteiger partial charge on any atom is -0.497 e. The number of fused-ring (bicyclic) bond motifs is 1. The van der Waals surface area contributed by atoms with E-state index in [4.69, 9.17) is 19.2 Å². The Morgan fingerprint density at radius 1 is 1.03 bits per heavy atom. The van der Waals surface area contributed by atoms with Gasteiger partial charge in [-0.1, -0.05) is 26.0 Å². The summed E-state index contributed by atoms with van der Waals surface area (Å²) in [5.74, 6) is 3.67. The number of nitrogens with zero attached hydrogens (tertiary/aromatic N) is 2. The van der Waals surface area contributed by atoms with Gasteiger partial charge in [-0.25, -0.2) is 4.98 Å². The molecule has 0 radical (unpaired) electrons. The first-order chi connectivity index (χ1) is 16.0. The number of rotatable bonds is 7. The van der Waals surface area contributed by atoms with Gasteiger partial charge in [0.1, 0.15) is 28.6 Å². The highest BCUT2D eigenvalue weighted by Gasteiger charge is 2.23. The van der Waals surface area contributed by atoms with Gasteiger partial charge in [-0.2, -0.15) is 0 Å². The molecular formula is C26H31N3O4. The van der Waals surface area contributed by atoms with Gasteiger partial charge in [0.2, 0.25) is 0 Å². The van der Waals surface area contributed by atoms with Gasteiger partial charge in [0.15, 0.2) is 6.61 Å². The molecule has 1 saturated heterocycles. The van der Waals surface area contributed by atoms with Crippen LogP contribution in [0.25, 0.3) is 10.9 Å². The highest BCUT2D eigenvalue weighted by molar-refractivity contribution is 5.94. The largest absolute Gasteiger partial charge is 0.497 e. The zero-order chi connectivity index (χ0) is 23.4. The van der Waals surface area contributed by atoms with Gasteiger partial charge >= 0.3 is 0 Å². The van der Waals surface area contributed by atoms with Crippen molar-refractivity contribution in [2.24, 2.45) is 11.8 Å². The first-order valence-corrected chi connectivity index (χ1v) is 11.3. The molecule has 33 heavy (non-hydrogen) atoms. The second-order valence-corrected chi connectivity index (χ2v) is 8.75. The zero-order valence-corrected chi connectivity index (χ0v) is 19.6. The Morgan fingerprint density at radius 3 is 2.55 bits per heavy atom. The van der Waals surface area contributed by atoms with E-state index in [1.54, 1.807) is 32.4 Å². The van der Waals surface area contributed by atoms with Crippen LogP contribution >= 0.6 is 0 Å². The molecule has 1 N–H and O–H groups in total. The maximum absolute atomic E-state index is 12.6. The average molecular weight is 450 g/mol. The van der Waals surface area contributed by atoms with Gasteiger partial charge in [0, 0.05) is 24.5 Å². The maximum atomic E-state index is 12.6. The van der Waals surface area contributed by atoms with Crippen molar-refractivity contribution in [3.63, 3.8) is 0 Å². The molecule has 2 unspecified atom stereocenters. The number of benzene rings is 2. The summed E-state index contributed by atoms with van der Waals surface area (Å²) < 4.78 is 16.5. The Hall–Kier alpha value is -3.48. The summed E-state index contributed by atoms with van der Waals surface area (Å²) in [6, 6.07) is 15.1. The van der Waals surface area contributed by atoms with E-state index in [9.17, 15) is 4.79 Å². The zero-order valence-electron chi connectivity index (χ0n) is 19.6. The quantitative estimate of drug-likeness (QED) is 0.561. The lowest BCUT2D eigenvalue weighted by Gasteiger charge is -2.35. The molecule has 2 atom stereocenters. The third kappa shape index (κ3) is 5.30. The third-order valence-corrected chi connectivity index (χ3v) is 5.90. The number of piperidine rings is 1. The molecule has 7 nitrogen and oxygen atoms in total. The molecule has 2 aromatic carbocycles. The van der Waals surface area contributed by atoms with E-state index in [-0.39, 0.29) is 12.5 Å². The second kappa shape index (κ2) is 9.98. The number of pyridine rings is 1. The Labute approximate surface area is 194 Å². The topological polar surface area (TPSA) is 72.9 Å². The van der Waals surface area contributed by atoms with Crippen molar-refractivity contribution in [1.82, 2.24) is 4.98 Å². The summed E-state index contributed by atoms with van der Waals surface area (Å²) in [6.45, 7) is 6.42. The van der Waals surface area contributed by atoms with Crippen LogP contribution in [0.3, 0.4) is 0 Å². The predicted octanol–water partition coefficient (Wildman–Crippen LogP) is 4.75. The molecule has 1 fully saturated rings. The van der Waals surface area contributed by atoms with Crippen molar-refractivity contribution in [2.75, 3.05) is 44.1 Å². The molecule has 1 aliphatic rings. The van der Waals surface area contributed by atoms with Gasteiger partial charge in [-0.05, 0) is 48.6 Å². The minimum absolute atomic E-state index is 0.150. The number of amides is 1. The third-order valence-electron chi connectivity index (χ3n) is 5.90. The molecule has 1 aliphatic heterocycles. The van der Waals surface area contributed by atoms with E-state index in [1.807, 2.05) is 18.2 Å². The molecule has 0 saturated carbocycles. The van der Waals surface area contributed by atoms with Gasteiger partial charge in [-0.3, -0.25) is 4.79 Å². The van der Waals surface area contributed by atoms with Crippen LogP contribution in [0.2, 0.25) is 0 Å². The SMILES string of the molecule is COc1ccc(OC)c(NC(=O)COc2cccc3ccc(N4CC(C)CC(C)C4)nc23)c1. The molecule has 0 spiro atoms. The molecule has 174 valence electrons. The van der Waals surface area contributed by atoms with Crippen LogP contribution < -0.4 is 24.4 Å². The van der Waals surface area contributed by atoms with Crippen molar-refractivity contribution in [1.29, 1.82) is 0 Å². The molecule has 1 aromatic heterocycles. The molecule has 0 aliphatic carbocycles. The number of ether oxygens (including phenoxy) is 3. The van der Waals surface area contributed by atoms with Crippen LogP contribution in [0.15, 0.2) is 48.5 Å². The van der Waals surface area contributed by atoms with Crippen LogP contribution in [0, 0.1) is 11.8 Å². The molecule has 1 amide bonds. The number of hydrogen-bond acceptors (Lipinski definition) is 6. The van der Waals surface area contributed by atoms with Crippen LogP contribution in [-0.2, 0) is 4.79 Å². The lowest BCUT2D eigenvalue weighted by molar-refractivity contribution is -0.118. The number of para-hydroxylation sites is 1. The predicted molar refractivity (Wildman–Crippen MR) is 131 cm³/mol. The Kier molecular flexibility index (Phi) is 6.87. The summed E-state index contributed by atoms with van der Waals surface area (Å²) >= 11 is 0. The molecular weight excluding hydrogens is 418 g/mol. The molecule has 0 bridgehead atoms. The van der Waals surface area contributed by atoms with E-state index < -0.39 is 0 Å². The van der Waals surface area contributed by atoms with E-state index in [2.05, 4.69) is 36.2 Å². The van der Waals surface area contributed by atoms with E-state index in [1.165, 1.54) is 6.42 Å². The first-order valence-electron chi connectivity index (χ1n) is 11.3. The molecule has 7 heteroatoms. The van der Waals surface area contributed by atoms with Crippen molar-refractivity contribution >= 4 is 28.3 Å². The number of carbonyl (C=O) groups is 1. The normalized spacial score (nSPS) is 18.1.